The highest BCUT2D eigenvalue weighted by molar-refractivity contribution is 5.84. The van der Waals surface area contributed by atoms with Crippen LogP contribution in [0, 0.1) is 5.82 Å². The van der Waals surface area contributed by atoms with E-state index in [2.05, 4.69) is 9.88 Å². The fraction of sp³-hybridized carbons (Fsp3) is 0.263. The summed E-state index contributed by atoms with van der Waals surface area (Å²) in [5.74, 6) is -0.000711. The molecule has 1 fully saturated rings. The number of hydrogen-bond donors (Lipinski definition) is 2. The monoisotopic (exact) mass is 326 g/mol. The molecule has 1 aliphatic rings. The minimum atomic E-state index is -0.241. The molecule has 1 aromatic heterocycles. The third-order valence-corrected chi connectivity index (χ3v) is 4.59. The molecule has 4 nitrogen and oxygen atoms in total. The number of H-pyrrole nitrogens is 1. The van der Waals surface area contributed by atoms with E-state index >= 15 is 0 Å². The highest BCUT2D eigenvalue weighted by Crippen LogP contribution is 2.35. The van der Waals surface area contributed by atoms with Gasteiger partial charge in [-0.05, 0) is 41.5 Å². The Morgan fingerprint density at radius 1 is 1.08 bits per heavy atom. The Labute approximate surface area is 139 Å². The topological polar surface area (TPSA) is 48.5 Å². The van der Waals surface area contributed by atoms with Gasteiger partial charge in [0.05, 0.1) is 19.3 Å². The van der Waals surface area contributed by atoms with Crippen molar-refractivity contribution in [1.82, 2.24) is 9.88 Å². The molecule has 0 saturated carbocycles. The molecule has 4 rings (SSSR count). The molecule has 2 N–H and O–H groups in total. The highest BCUT2D eigenvalue weighted by atomic mass is 19.1. The average molecular weight is 326 g/mol. The summed E-state index contributed by atoms with van der Waals surface area (Å²) >= 11 is 0. The molecule has 0 aliphatic carbocycles. The van der Waals surface area contributed by atoms with Crippen LogP contribution in [0.3, 0.4) is 0 Å². The number of phenolic OH excluding ortho intramolecular Hbond substituents is 1. The highest BCUT2D eigenvalue weighted by Gasteiger charge is 2.26. The molecule has 0 amide bonds. The number of hydrogen-bond acceptors (Lipinski definition) is 3. The second-order valence-corrected chi connectivity index (χ2v) is 6.08. The molecular formula is C19H19FN2O2. The first kappa shape index (κ1) is 15.2. The predicted octanol–water partition coefficient (Wildman–Crippen LogP) is 3.43. The summed E-state index contributed by atoms with van der Waals surface area (Å²) in [5, 5.41) is 10.5. The molecule has 2 aromatic carbocycles. The van der Waals surface area contributed by atoms with E-state index in [1.807, 2.05) is 18.3 Å². The van der Waals surface area contributed by atoms with Gasteiger partial charge in [0.1, 0.15) is 11.6 Å². The number of benzene rings is 2. The maximum atomic E-state index is 13.8. The number of aromatic amines is 1. The number of aromatic hydroxyl groups is 1. The van der Waals surface area contributed by atoms with Crippen molar-refractivity contribution >= 4 is 10.9 Å². The van der Waals surface area contributed by atoms with E-state index in [9.17, 15) is 9.50 Å². The zero-order chi connectivity index (χ0) is 16.5. The lowest BCUT2D eigenvalue weighted by Gasteiger charge is -2.34. The van der Waals surface area contributed by atoms with Gasteiger partial charge in [0.15, 0.2) is 0 Å². The summed E-state index contributed by atoms with van der Waals surface area (Å²) in [6.45, 7) is 3.00. The van der Waals surface area contributed by atoms with Crippen LogP contribution in [-0.2, 0) is 4.74 Å². The van der Waals surface area contributed by atoms with Crippen molar-refractivity contribution in [2.45, 2.75) is 6.04 Å². The number of nitrogens with one attached hydrogen (secondary N) is 1. The van der Waals surface area contributed by atoms with Crippen LogP contribution in [0.1, 0.15) is 17.2 Å². The van der Waals surface area contributed by atoms with Crippen molar-refractivity contribution in [2.75, 3.05) is 26.3 Å². The smallest absolute Gasteiger partial charge is 0.123 e. The van der Waals surface area contributed by atoms with Crippen LogP contribution in [-0.4, -0.2) is 41.3 Å². The largest absolute Gasteiger partial charge is 0.508 e. The molecule has 1 aliphatic heterocycles. The maximum Gasteiger partial charge on any atom is 0.123 e. The molecule has 5 heteroatoms. The number of aromatic nitrogens is 1. The van der Waals surface area contributed by atoms with Crippen molar-refractivity contribution < 1.29 is 14.2 Å². The molecular weight excluding hydrogens is 307 g/mol. The van der Waals surface area contributed by atoms with Crippen molar-refractivity contribution in [3.8, 4) is 5.75 Å². The van der Waals surface area contributed by atoms with Gasteiger partial charge in [-0.25, -0.2) is 4.39 Å². The average Bonchev–Trinajstić information content (AvgIpc) is 3.01. The number of morpholine rings is 1. The van der Waals surface area contributed by atoms with Crippen LogP contribution in [0.4, 0.5) is 4.39 Å². The second kappa shape index (κ2) is 6.26. The Bertz CT molecular complexity index is 838. The molecule has 124 valence electrons. The molecule has 0 radical (unpaired) electrons. The second-order valence-electron chi connectivity index (χ2n) is 6.08. The summed E-state index contributed by atoms with van der Waals surface area (Å²) in [5.41, 5.74) is 3.03. The van der Waals surface area contributed by atoms with E-state index < -0.39 is 0 Å². The van der Waals surface area contributed by atoms with Gasteiger partial charge in [-0.1, -0.05) is 12.1 Å². The van der Waals surface area contributed by atoms with Crippen molar-refractivity contribution in [3.05, 3.63) is 65.6 Å². The van der Waals surface area contributed by atoms with Gasteiger partial charge < -0.3 is 14.8 Å². The van der Waals surface area contributed by atoms with Crippen LogP contribution >= 0.6 is 0 Å². The SMILES string of the molecule is Oc1ccc(C(c2c[nH]c3ccc(F)cc23)N2CCOCC2)cc1. The van der Waals surface area contributed by atoms with Crippen molar-refractivity contribution in [1.29, 1.82) is 0 Å². The summed E-state index contributed by atoms with van der Waals surface area (Å²) in [4.78, 5) is 5.58. The van der Waals surface area contributed by atoms with E-state index in [0.717, 1.165) is 35.1 Å². The van der Waals surface area contributed by atoms with Gasteiger partial charge in [-0.2, -0.15) is 0 Å². The van der Waals surface area contributed by atoms with Gasteiger partial charge in [-0.15, -0.1) is 0 Å². The minimum Gasteiger partial charge on any atom is -0.508 e. The zero-order valence-electron chi connectivity index (χ0n) is 13.2. The molecule has 0 bridgehead atoms. The van der Waals surface area contributed by atoms with Crippen LogP contribution in [0.25, 0.3) is 10.9 Å². The van der Waals surface area contributed by atoms with Gasteiger partial charge in [0.2, 0.25) is 0 Å². The summed E-state index contributed by atoms with van der Waals surface area (Å²) in [6.07, 6.45) is 1.96. The van der Waals surface area contributed by atoms with Crippen LogP contribution in [0.2, 0.25) is 0 Å². The summed E-state index contributed by atoms with van der Waals surface area (Å²) < 4.78 is 19.3. The van der Waals surface area contributed by atoms with Gasteiger partial charge in [-0.3, -0.25) is 4.90 Å². The molecule has 0 spiro atoms. The summed E-state index contributed by atoms with van der Waals surface area (Å²) in [7, 11) is 0. The van der Waals surface area contributed by atoms with E-state index in [1.165, 1.54) is 6.07 Å². The molecule has 1 unspecified atom stereocenters. The molecule has 2 heterocycles. The Hall–Kier alpha value is -2.37. The number of halogens is 1. The third kappa shape index (κ3) is 2.77. The van der Waals surface area contributed by atoms with Crippen molar-refractivity contribution in [3.63, 3.8) is 0 Å². The van der Waals surface area contributed by atoms with Crippen LogP contribution in [0.5, 0.6) is 5.75 Å². The fourth-order valence-corrected chi connectivity index (χ4v) is 3.42. The number of ether oxygens (including phenoxy) is 1. The maximum absolute atomic E-state index is 13.8. The van der Waals surface area contributed by atoms with Gasteiger partial charge >= 0.3 is 0 Å². The van der Waals surface area contributed by atoms with Gasteiger partial charge in [0.25, 0.3) is 0 Å². The number of nitrogens with zero attached hydrogens (tertiary/aromatic N) is 1. The van der Waals surface area contributed by atoms with Gasteiger partial charge in [0, 0.05) is 30.2 Å². The predicted molar refractivity (Wildman–Crippen MR) is 90.6 cm³/mol. The molecule has 3 aromatic rings. The Morgan fingerprint density at radius 3 is 2.58 bits per heavy atom. The lowest BCUT2D eigenvalue weighted by Crippen LogP contribution is -2.39. The quantitative estimate of drug-likeness (QED) is 0.775. The number of fused-ring (bicyclic) bond motifs is 1. The van der Waals surface area contributed by atoms with E-state index in [-0.39, 0.29) is 17.6 Å². The third-order valence-electron chi connectivity index (χ3n) is 4.59. The molecule has 1 saturated heterocycles. The van der Waals surface area contributed by atoms with E-state index in [4.69, 9.17) is 4.74 Å². The number of phenols is 1. The normalized spacial score (nSPS) is 17.2. The first-order valence-corrected chi connectivity index (χ1v) is 8.09. The standard InChI is InChI=1S/C19H19FN2O2/c20-14-3-6-18-16(11-14)17(12-21-18)19(22-7-9-24-10-8-22)13-1-4-15(23)5-2-13/h1-6,11-12,19,21,23H,7-10H2. The lowest BCUT2D eigenvalue weighted by atomic mass is 9.96. The zero-order valence-corrected chi connectivity index (χ0v) is 13.2. The van der Waals surface area contributed by atoms with Crippen molar-refractivity contribution in [2.24, 2.45) is 0 Å². The number of rotatable bonds is 3. The fourth-order valence-electron chi connectivity index (χ4n) is 3.42. The first-order valence-electron chi connectivity index (χ1n) is 8.09. The first-order chi connectivity index (χ1) is 11.7. The Kier molecular flexibility index (Phi) is 3.96. The van der Waals surface area contributed by atoms with E-state index in [0.29, 0.717) is 13.2 Å². The van der Waals surface area contributed by atoms with E-state index in [1.54, 1.807) is 24.3 Å². The van der Waals surface area contributed by atoms with Crippen LogP contribution < -0.4 is 0 Å². The minimum absolute atomic E-state index is 0.00921. The summed E-state index contributed by atoms with van der Waals surface area (Å²) in [6, 6.07) is 12.0. The molecule has 1 atom stereocenters. The van der Waals surface area contributed by atoms with Crippen LogP contribution in [0.15, 0.2) is 48.7 Å². The molecule has 24 heavy (non-hydrogen) atoms. The Balaban J connectivity index is 1.84. The lowest BCUT2D eigenvalue weighted by molar-refractivity contribution is 0.0242. The Morgan fingerprint density at radius 2 is 1.83 bits per heavy atom.